The number of carbonyl (C=O) groups is 2. The third-order valence-corrected chi connectivity index (χ3v) is 5.74. The molecule has 0 bridgehead atoms. The molecule has 0 unspecified atom stereocenters. The molecule has 1 saturated heterocycles. The quantitative estimate of drug-likeness (QED) is 0.620. The molecule has 3 aromatic rings. The van der Waals surface area contributed by atoms with Crippen LogP contribution in [0.2, 0.25) is 0 Å². The molecule has 0 atom stereocenters. The Morgan fingerprint density at radius 2 is 1.71 bits per heavy atom. The molecule has 1 aromatic heterocycles. The van der Waals surface area contributed by atoms with Gasteiger partial charge in [-0.15, -0.1) is 0 Å². The number of para-hydroxylation sites is 1. The lowest BCUT2D eigenvalue weighted by Crippen LogP contribution is -2.33. The molecule has 0 radical (unpaired) electrons. The number of aryl methyl sites for hydroxylation is 1. The molecule has 2 aromatic carbocycles. The van der Waals surface area contributed by atoms with Crippen LogP contribution in [0.25, 0.3) is 10.9 Å². The lowest BCUT2D eigenvalue weighted by atomic mass is 10.1. The van der Waals surface area contributed by atoms with Crippen molar-refractivity contribution in [2.24, 2.45) is 0 Å². The third-order valence-electron chi connectivity index (χ3n) is 5.74. The van der Waals surface area contributed by atoms with Gasteiger partial charge in [-0.2, -0.15) is 0 Å². The van der Waals surface area contributed by atoms with Crippen molar-refractivity contribution >= 4 is 22.7 Å². The van der Waals surface area contributed by atoms with E-state index in [4.69, 9.17) is 0 Å². The van der Waals surface area contributed by atoms with Crippen molar-refractivity contribution in [1.29, 1.82) is 0 Å². The first kappa shape index (κ1) is 21.0. The van der Waals surface area contributed by atoms with Crippen molar-refractivity contribution in [1.82, 2.24) is 20.5 Å². The number of likely N-dealkylation sites (tertiary alicyclic amines) is 1. The standard InChI is InChI=1S/C25H28N4O2/c1-18-22(16-21-6-2-3-7-23(21)28-18)25(31)27-17-19-8-10-20(11-9-19)24(30)26-12-15-29-13-4-5-14-29/h2-3,6-11,16H,4-5,12-15,17H2,1H3,(H,26,30)(H,27,31). The SMILES string of the molecule is Cc1nc2ccccc2cc1C(=O)NCc1ccc(C(=O)NCCN2CCCC2)cc1. The van der Waals surface area contributed by atoms with Gasteiger partial charge in [-0.05, 0) is 62.7 Å². The normalized spacial score (nSPS) is 14.0. The summed E-state index contributed by atoms with van der Waals surface area (Å²) in [6.45, 7) is 6.06. The van der Waals surface area contributed by atoms with Crippen molar-refractivity contribution < 1.29 is 9.59 Å². The largest absolute Gasteiger partial charge is 0.351 e. The second kappa shape index (κ2) is 9.71. The van der Waals surface area contributed by atoms with Crippen molar-refractivity contribution in [3.63, 3.8) is 0 Å². The van der Waals surface area contributed by atoms with Gasteiger partial charge in [0.2, 0.25) is 0 Å². The monoisotopic (exact) mass is 416 g/mol. The Kier molecular flexibility index (Phi) is 6.57. The fourth-order valence-electron chi connectivity index (χ4n) is 3.93. The first-order valence-electron chi connectivity index (χ1n) is 10.8. The Hall–Kier alpha value is -3.25. The number of amides is 2. The minimum absolute atomic E-state index is 0.0624. The Morgan fingerprint density at radius 1 is 0.968 bits per heavy atom. The van der Waals surface area contributed by atoms with Gasteiger partial charge in [-0.3, -0.25) is 14.6 Å². The minimum atomic E-state index is -0.153. The molecule has 0 aliphatic carbocycles. The van der Waals surface area contributed by atoms with Gasteiger partial charge in [0.15, 0.2) is 0 Å². The highest BCUT2D eigenvalue weighted by Crippen LogP contribution is 2.16. The average molecular weight is 417 g/mol. The van der Waals surface area contributed by atoms with Crippen LogP contribution in [0.4, 0.5) is 0 Å². The van der Waals surface area contributed by atoms with E-state index in [0.29, 0.717) is 29.9 Å². The summed E-state index contributed by atoms with van der Waals surface area (Å²) >= 11 is 0. The van der Waals surface area contributed by atoms with Gasteiger partial charge in [0.1, 0.15) is 0 Å². The summed E-state index contributed by atoms with van der Waals surface area (Å²) < 4.78 is 0. The molecule has 160 valence electrons. The van der Waals surface area contributed by atoms with Crippen LogP contribution in [-0.4, -0.2) is 47.9 Å². The second-order valence-electron chi connectivity index (χ2n) is 8.00. The number of fused-ring (bicyclic) bond motifs is 1. The number of nitrogens with one attached hydrogen (secondary N) is 2. The fraction of sp³-hybridized carbons (Fsp3) is 0.320. The van der Waals surface area contributed by atoms with E-state index in [1.54, 1.807) is 12.1 Å². The number of hydrogen-bond acceptors (Lipinski definition) is 4. The van der Waals surface area contributed by atoms with Gasteiger partial charge in [0, 0.05) is 30.6 Å². The zero-order valence-electron chi connectivity index (χ0n) is 17.9. The molecular weight excluding hydrogens is 388 g/mol. The molecule has 6 heteroatoms. The number of pyridine rings is 1. The molecule has 0 spiro atoms. The van der Waals surface area contributed by atoms with Crippen LogP contribution < -0.4 is 10.6 Å². The second-order valence-corrected chi connectivity index (χ2v) is 8.00. The number of carbonyl (C=O) groups excluding carboxylic acids is 2. The number of aromatic nitrogens is 1. The van der Waals surface area contributed by atoms with Gasteiger partial charge in [-0.1, -0.05) is 30.3 Å². The van der Waals surface area contributed by atoms with Gasteiger partial charge < -0.3 is 15.5 Å². The van der Waals surface area contributed by atoms with Crippen LogP contribution >= 0.6 is 0 Å². The molecule has 0 saturated carbocycles. The van der Waals surface area contributed by atoms with Gasteiger partial charge >= 0.3 is 0 Å². The molecule has 1 aliphatic heterocycles. The van der Waals surface area contributed by atoms with Gasteiger partial charge in [-0.25, -0.2) is 0 Å². The van der Waals surface area contributed by atoms with E-state index in [9.17, 15) is 9.59 Å². The number of rotatable bonds is 7. The van der Waals surface area contributed by atoms with Crippen molar-refractivity contribution in [2.75, 3.05) is 26.2 Å². The maximum atomic E-state index is 12.7. The van der Waals surface area contributed by atoms with Gasteiger partial charge in [0.25, 0.3) is 11.8 Å². The van der Waals surface area contributed by atoms with Crippen LogP contribution in [0, 0.1) is 6.92 Å². The van der Waals surface area contributed by atoms with Crippen molar-refractivity contribution in [3.05, 3.63) is 77.0 Å². The van der Waals surface area contributed by atoms with Crippen molar-refractivity contribution in [3.8, 4) is 0 Å². The number of hydrogen-bond donors (Lipinski definition) is 2. The van der Waals surface area contributed by atoms with Crippen LogP contribution in [0.1, 0.15) is 44.8 Å². The highest BCUT2D eigenvalue weighted by molar-refractivity contribution is 5.98. The molecule has 2 amide bonds. The summed E-state index contributed by atoms with van der Waals surface area (Å²) in [5, 5.41) is 6.87. The summed E-state index contributed by atoms with van der Waals surface area (Å²) in [4.78, 5) is 31.9. The Balaban J connectivity index is 1.30. The van der Waals surface area contributed by atoms with Crippen LogP contribution in [0.5, 0.6) is 0 Å². The van der Waals surface area contributed by atoms with Gasteiger partial charge in [0.05, 0.1) is 16.8 Å². The van der Waals surface area contributed by atoms with E-state index >= 15 is 0 Å². The van der Waals surface area contributed by atoms with E-state index in [1.165, 1.54) is 12.8 Å². The molecule has 6 nitrogen and oxygen atoms in total. The van der Waals surface area contributed by atoms with E-state index < -0.39 is 0 Å². The smallest absolute Gasteiger partial charge is 0.253 e. The summed E-state index contributed by atoms with van der Waals surface area (Å²) in [5.41, 5.74) is 3.73. The molecule has 1 fully saturated rings. The molecule has 2 heterocycles. The summed E-state index contributed by atoms with van der Waals surface area (Å²) in [7, 11) is 0. The lowest BCUT2D eigenvalue weighted by molar-refractivity contribution is 0.0940. The maximum absolute atomic E-state index is 12.7. The highest BCUT2D eigenvalue weighted by Gasteiger charge is 2.13. The van der Waals surface area contributed by atoms with E-state index in [0.717, 1.165) is 36.1 Å². The first-order valence-corrected chi connectivity index (χ1v) is 10.8. The number of benzene rings is 2. The maximum Gasteiger partial charge on any atom is 0.253 e. The minimum Gasteiger partial charge on any atom is -0.351 e. The third kappa shape index (κ3) is 5.27. The van der Waals surface area contributed by atoms with E-state index in [2.05, 4.69) is 20.5 Å². The van der Waals surface area contributed by atoms with E-state index in [1.807, 2.05) is 49.4 Å². The van der Waals surface area contributed by atoms with Crippen LogP contribution in [0.15, 0.2) is 54.6 Å². The fourth-order valence-corrected chi connectivity index (χ4v) is 3.93. The Morgan fingerprint density at radius 3 is 2.48 bits per heavy atom. The molecule has 1 aliphatic rings. The van der Waals surface area contributed by atoms with Crippen LogP contribution in [0.3, 0.4) is 0 Å². The summed E-state index contributed by atoms with van der Waals surface area (Å²) in [5.74, 6) is -0.216. The van der Waals surface area contributed by atoms with Crippen molar-refractivity contribution in [2.45, 2.75) is 26.3 Å². The zero-order valence-corrected chi connectivity index (χ0v) is 17.9. The molecule has 2 N–H and O–H groups in total. The Bertz CT molecular complexity index is 1070. The number of nitrogens with zero attached hydrogens (tertiary/aromatic N) is 2. The first-order chi connectivity index (χ1) is 15.1. The topological polar surface area (TPSA) is 74.3 Å². The zero-order chi connectivity index (χ0) is 21.6. The molecule has 4 rings (SSSR count). The van der Waals surface area contributed by atoms with Crippen LogP contribution in [-0.2, 0) is 6.54 Å². The highest BCUT2D eigenvalue weighted by atomic mass is 16.2. The average Bonchev–Trinajstić information content (AvgIpc) is 3.31. The molecule has 31 heavy (non-hydrogen) atoms. The Labute approximate surface area is 182 Å². The molecular formula is C25H28N4O2. The lowest BCUT2D eigenvalue weighted by Gasteiger charge is -2.14. The van der Waals surface area contributed by atoms with E-state index in [-0.39, 0.29) is 11.8 Å². The summed E-state index contributed by atoms with van der Waals surface area (Å²) in [6.07, 6.45) is 2.51. The predicted octanol–water partition coefficient (Wildman–Crippen LogP) is 3.30. The predicted molar refractivity (Wildman–Crippen MR) is 122 cm³/mol. The summed E-state index contributed by atoms with van der Waals surface area (Å²) in [6, 6.07) is 17.0.